The van der Waals surface area contributed by atoms with Crippen molar-refractivity contribution in [3.8, 4) is 50.8 Å². The molecule has 0 saturated heterocycles. The molecule has 0 fully saturated rings. The smallest absolute Gasteiger partial charge is 0.138 e. The summed E-state index contributed by atoms with van der Waals surface area (Å²) in [6, 6.07) is 33.2. The van der Waals surface area contributed by atoms with E-state index in [4.69, 9.17) is 9.97 Å². The summed E-state index contributed by atoms with van der Waals surface area (Å²) in [6.45, 7) is 11.1. The van der Waals surface area contributed by atoms with Crippen molar-refractivity contribution in [2.24, 2.45) is 0 Å². The molecule has 0 aliphatic rings. The molecule has 4 heteroatoms. The lowest BCUT2D eigenvalue weighted by Crippen LogP contribution is -1.96. The summed E-state index contributed by atoms with van der Waals surface area (Å²) in [4.78, 5) is 13.5. The molecule has 4 aromatic carbocycles. The van der Waals surface area contributed by atoms with E-state index >= 15 is 0 Å². The molecule has 0 saturated carbocycles. The first kappa shape index (κ1) is 26.5. The van der Waals surface area contributed by atoms with Gasteiger partial charge in [-0.3, -0.25) is 0 Å². The van der Waals surface area contributed by atoms with Crippen LogP contribution in [0.5, 0.6) is 5.75 Å². The minimum absolute atomic E-state index is 0.222. The van der Waals surface area contributed by atoms with Gasteiger partial charge in [0.15, 0.2) is 0 Å². The first-order valence-electron chi connectivity index (χ1n) is 14.3. The molecule has 0 bridgehead atoms. The van der Waals surface area contributed by atoms with E-state index in [0.717, 1.165) is 56.1 Å². The number of H-pyrrole nitrogens is 1. The zero-order valence-electron chi connectivity index (χ0n) is 24.2. The highest BCUT2D eigenvalue weighted by molar-refractivity contribution is 5.84. The van der Waals surface area contributed by atoms with Crippen molar-refractivity contribution < 1.29 is 5.11 Å². The number of nitrogens with one attached hydrogen (secondary N) is 1. The van der Waals surface area contributed by atoms with Crippen molar-refractivity contribution in [3.05, 3.63) is 114 Å². The maximum absolute atomic E-state index is 10.6. The summed E-state index contributed by atoms with van der Waals surface area (Å²) < 4.78 is 0. The van der Waals surface area contributed by atoms with Gasteiger partial charge in [-0.1, -0.05) is 70.2 Å². The Hall–Kier alpha value is -4.70. The Morgan fingerprint density at radius 1 is 0.610 bits per heavy atom. The molecule has 0 unspecified atom stereocenters. The number of aromatic nitrogens is 3. The van der Waals surface area contributed by atoms with Gasteiger partial charge in [-0.15, -0.1) is 0 Å². The number of nitrogens with zero attached hydrogens (tertiary/aromatic N) is 2. The monoisotopic (exact) mass is 537 g/mol. The highest BCUT2D eigenvalue weighted by Gasteiger charge is 2.15. The van der Waals surface area contributed by atoms with E-state index in [0.29, 0.717) is 11.8 Å². The number of rotatable bonds is 6. The van der Waals surface area contributed by atoms with Crippen LogP contribution in [-0.4, -0.2) is 20.1 Å². The van der Waals surface area contributed by atoms with E-state index in [9.17, 15) is 5.11 Å². The van der Waals surface area contributed by atoms with Gasteiger partial charge in [0.05, 0.1) is 22.4 Å². The van der Waals surface area contributed by atoms with Crippen molar-refractivity contribution >= 4 is 11.0 Å². The Balaban J connectivity index is 1.58. The molecule has 0 radical (unpaired) electrons. The van der Waals surface area contributed by atoms with Crippen LogP contribution >= 0.6 is 0 Å². The summed E-state index contributed by atoms with van der Waals surface area (Å²) >= 11 is 0. The Kier molecular flexibility index (Phi) is 6.92. The second kappa shape index (κ2) is 10.7. The Labute approximate surface area is 241 Å². The van der Waals surface area contributed by atoms with E-state index in [2.05, 4.69) is 88.1 Å². The van der Waals surface area contributed by atoms with Crippen LogP contribution in [0.1, 0.15) is 56.2 Å². The minimum atomic E-state index is 0.222. The first-order valence-corrected chi connectivity index (χ1v) is 14.3. The molecule has 0 atom stereocenters. The highest BCUT2D eigenvalue weighted by atomic mass is 16.3. The number of para-hydroxylation sites is 3. The van der Waals surface area contributed by atoms with Gasteiger partial charge in [-0.05, 0) is 101 Å². The molecule has 0 spiro atoms. The standard InChI is InChI=1S/C37H35N3O/c1-22(2)25-16-26(23(3)4)18-27(17-25)28-19-29(21-30(20-28)37-39-32-11-7-8-12-33(32)40-37)34-14-24(5)15-35(38-34)31-10-6-9-13-36(31)41/h6-23,41H,1-5H3,(H,39,40). The van der Waals surface area contributed by atoms with E-state index in [1.807, 2.05) is 42.5 Å². The lowest BCUT2D eigenvalue weighted by Gasteiger charge is -2.16. The number of fused-ring (bicyclic) bond motifs is 1. The number of phenolic OH excluding ortho intramolecular Hbond substituents is 1. The maximum Gasteiger partial charge on any atom is 0.138 e. The van der Waals surface area contributed by atoms with E-state index in [1.165, 1.54) is 16.7 Å². The van der Waals surface area contributed by atoms with Gasteiger partial charge in [0.25, 0.3) is 0 Å². The number of imidazole rings is 1. The van der Waals surface area contributed by atoms with Gasteiger partial charge in [0.1, 0.15) is 11.6 Å². The number of benzene rings is 4. The third kappa shape index (κ3) is 5.38. The summed E-state index contributed by atoms with van der Waals surface area (Å²) in [5.74, 6) is 1.89. The molecule has 2 N–H and O–H groups in total. The topological polar surface area (TPSA) is 61.8 Å². The molecule has 6 rings (SSSR count). The lowest BCUT2D eigenvalue weighted by atomic mass is 9.89. The molecule has 204 valence electrons. The molecule has 0 amide bonds. The zero-order chi connectivity index (χ0) is 28.7. The summed E-state index contributed by atoms with van der Waals surface area (Å²) in [6.07, 6.45) is 0. The first-order chi connectivity index (χ1) is 19.7. The average molecular weight is 538 g/mol. The van der Waals surface area contributed by atoms with Crippen molar-refractivity contribution in [2.75, 3.05) is 0 Å². The van der Waals surface area contributed by atoms with Gasteiger partial charge in [-0.25, -0.2) is 9.97 Å². The summed E-state index contributed by atoms with van der Waals surface area (Å²) in [5, 5.41) is 10.6. The number of hydrogen-bond donors (Lipinski definition) is 2. The van der Waals surface area contributed by atoms with Gasteiger partial charge in [0, 0.05) is 16.7 Å². The van der Waals surface area contributed by atoms with Crippen LogP contribution in [0.3, 0.4) is 0 Å². The fourth-order valence-electron chi connectivity index (χ4n) is 5.32. The van der Waals surface area contributed by atoms with Gasteiger partial charge < -0.3 is 10.1 Å². The zero-order valence-corrected chi connectivity index (χ0v) is 24.2. The minimum Gasteiger partial charge on any atom is -0.507 e. The Morgan fingerprint density at radius 3 is 1.93 bits per heavy atom. The summed E-state index contributed by atoms with van der Waals surface area (Å²) in [5.41, 5.74) is 12.3. The van der Waals surface area contributed by atoms with Crippen molar-refractivity contribution in [1.29, 1.82) is 0 Å². The fraction of sp³-hybridized carbons (Fsp3) is 0.189. The van der Waals surface area contributed by atoms with Crippen LogP contribution in [0.25, 0.3) is 56.1 Å². The fourth-order valence-corrected chi connectivity index (χ4v) is 5.32. The molecule has 6 aromatic rings. The van der Waals surface area contributed by atoms with Crippen molar-refractivity contribution in [2.45, 2.75) is 46.5 Å². The lowest BCUT2D eigenvalue weighted by molar-refractivity contribution is 0.477. The SMILES string of the molecule is Cc1cc(-c2cc(-c3cc(C(C)C)cc(C(C)C)c3)cc(-c3nc4ccccc4[nH]3)c2)nc(-c2ccccc2O)c1. The third-order valence-electron chi connectivity index (χ3n) is 7.69. The molecular formula is C37H35N3O. The van der Waals surface area contributed by atoms with Crippen LogP contribution in [0.15, 0.2) is 97.1 Å². The van der Waals surface area contributed by atoms with Crippen LogP contribution in [-0.2, 0) is 0 Å². The van der Waals surface area contributed by atoms with E-state index in [1.54, 1.807) is 6.07 Å². The normalized spacial score (nSPS) is 11.6. The van der Waals surface area contributed by atoms with Crippen LogP contribution in [0, 0.1) is 6.92 Å². The molecule has 2 aromatic heterocycles. The number of aryl methyl sites for hydroxylation is 1. The van der Waals surface area contributed by atoms with Crippen LogP contribution in [0.2, 0.25) is 0 Å². The van der Waals surface area contributed by atoms with E-state index in [-0.39, 0.29) is 5.75 Å². The molecule has 0 aliphatic carbocycles. The van der Waals surface area contributed by atoms with Crippen LogP contribution in [0.4, 0.5) is 0 Å². The van der Waals surface area contributed by atoms with Gasteiger partial charge >= 0.3 is 0 Å². The predicted molar refractivity (Wildman–Crippen MR) is 170 cm³/mol. The average Bonchev–Trinajstić information content (AvgIpc) is 3.41. The van der Waals surface area contributed by atoms with Crippen molar-refractivity contribution in [1.82, 2.24) is 15.0 Å². The number of phenols is 1. The maximum atomic E-state index is 10.6. The van der Waals surface area contributed by atoms with Gasteiger partial charge in [-0.2, -0.15) is 0 Å². The van der Waals surface area contributed by atoms with Crippen LogP contribution < -0.4 is 0 Å². The Morgan fingerprint density at radius 2 is 1.22 bits per heavy atom. The molecular weight excluding hydrogens is 502 g/mol. The highest BCUT2D eigenvalue weighted by Crippen LogP contribution is 2.36. The number of hydrogen-bond acceptors (Lipinski definition) is 3. The quantitative estimate of drug-likeness (QED) is 0.222. The molecule has 4 nitrogen and oxygen atoms in total. The molecule has 2 heterocycles. The number of pyridine rings is 1. The van der Waals surface area contributed by atoms with E-state index < -0.39 is 0 Å². The molecule has 41 heavy (non-hydrogen) atoms. The summed E-state index contributed by atoms with van der Waals surface area (Å²) in [7, 11) is 0. The Bertz CT molecular complexity index is 1820. The molecule has 0 aliphatic heterocycles. The largest absolute Gasteiger partial charge is 0.507 e. The van der Waals surface area contributed by atoms with Gasteiger partial charge in [0.2, 0.25) is 0 Å². The number of aromatic hydroxyl groups is 1. The van der Waals surface area contributed by atoms with Crippen molar-refractivity contribution in [3.63, 3.8) is 0 Å². The second-order valence-electron chi connectivity index (χ2n) is 11.5. The second-order valence-corrected chi connectivity index (χ2v) is 11.5. The third-order valence-corrected chi connectivity index (χ3v) is 7.69. The predicted octanol–water partition coefficient (Wildman–Crippen LogP) is 9.89. The number of aromatic amines is 1.